The van der Waals surface area contributed by atoms with E-state index in [0.29, 0.717) is 32.0 Å². The molecule has 0 saturated carbocycles. The van der Waals surface area contributed by atoms with Crippen molar-refractivity contribution in [3.8, 4) is 11.5 Å². The Balaban J connectivity index is 1.64. The molecule has 0 bridgehead atoms. The van der Waals surface area contributed by atoms with Crippen molar-refractivity contribution in [2.45, 2.75) is 0 Å². The van der Waals surface area contributed by atoms with Crippen LogP contribution in [0.2, 0.25) is 0 Å². The zero-order valence-corrected chi connectivity index (χ0v) is 16.0. The van der Waals surface area contributed by atoms with Crippen LogP contribution in [0.3, 0.4) is 0 Å². The predicted molar refractivity (Wildman–Crippen MR) is 110 cm³/mol. The van der Waals surface area contributed by atoms with E-state index >= 15 is 0 Å². The molecule has 2 aromatic rings. The zero-order chi connectivity index (χ0) is 19.2. The van der Waals surface area contributed by atoms with Crippen LogP contribution in [-0.4, -0.2) is 29.9 Å². The van der Waals surface area contributed by atoms with Gasteiger partial charge in [-0.05, 0) is 36.4 Å². The second-order valence-electron chi connectivity index (χ2n) is 5.46. The standard InChI is InChI=1S/C19H16N2O4S2/c1-24-14-8-6-13(7-9-14)20-17(22)11-25-15-5-3-2-4-12(15)10-16-18(23)21-19(26)27-16/h2-10H,11H2,1H3,(H,20,22)(H,21,23,26)/b16-10-. The number of carbonyl (C=O) groups is 2. The molecular weight excluding hydrogens is 384 g/mol. The lowest BCUT2D eigenvalue weighted by molar-refractivity contribution is -0.118. The fourth-order valence-corrected chi connectivity index (χ4v) is 3.34. The summed E-state index contributed by atoms with van der Waals surface area (Å²) in [6.45, 7) is -0.163. The molecule has 1 fully saturated rings. The van der Waals surface area contributed by atoms with Gasteiger partial charge in [-0.15, -0.1) is 0 Å². The highest BCUT2D eigenvalue weighted by molar-refractivity contribution is 8.26. The van der Waals surface area contributed by atoms with Gasteiger partial charge in [0.1, 0.15) is 15.8 Å². The minimum atomic E-state index is -0.295. The van der Waals surface area contributed by atoms with Crippen molar-refractivity contribution in [1.29, 1.82) is 0 Å². The maximum absolute atomic E-state index is 12.1. The minimum absolute atomic E-state index is 0.163. The molecule has 138 valence electrons. The van der Waals surface area contributed by atoms with Gasteiger partial charge in [0, 0.05) is 11.3 Å². The first-order chi connectivity index (χ1) is 13.0. The monoisotopic (exact) mass is 400 g/mol. The Kier molecular flexibility index (Phi) is 6.10. The summed E-state index contributed by atoms with van der Waals surface area (Å²) in [5, 5.41) is 5.31. The first-order valence-corrected chi connectivity index (χ1v) is 9.18. The fourth-order valence-electron chi connectivity index (χ4n) is 2.31. The highest BCUT2D eigenvalue weighted by atomic mass is 32.2. The Labute approximate surface area is 165 Å². The molecule has 1 aliphatic heterocycles. The number of hydrogen-bond acceptors (Lipinski definition) is 6. The molecule has 0 unspecified atom stereocenters. The van der Waals surface area contributed by atoms with Crippen LogP contribution in [0.15, 0.2) is 53.4 Å². The molecular formula is C19H16N2O4S2. The Morgan fingerprint density at radius 3 is 2.63 bits per heavy atom. The fraction of sp³-hybridized carbons (Fsp3) is 0.105. The van der Waals surface area contributed by atoms with Gasteiger partial charge < -0.3 is 20.1 Å². The number of benzene rings is 2. The van der Waals surface area contributed by atoms with E-state index < -0.39 is 0 Å². The molecule has 2 aromatic carbocycles. The second kappa shape index (κ2) is 8.70. The van der Waals surface area contributed by atoms with Crippen LogP contribution in [0, 0.1) is 0 Å². The zero-order valence-electron chi connectivity index (χ0n) is 14.4. The van der Waals surface area contributed by atoms with Crippen molar-refractivity contribution < 1.29 is 19.1 Å². The summed E-state index contributed by atoms with van der Waals surface area (Å²) in [6.07, 6.45) is 1.69. The Morgan fingerprint density at radius 1 is 1.22 bits per heavy atom. The van der Waals surface area contributed by atoms with Crippen molar-refractivity contribution in [2.24, 2.45) is 0 Å². The van der Waals surface area contributed by atoms with Crippen LogP contribution in [0.5, 0.6) is 11.5 Å². The first kappa shape index (κ1) is 18.9. The molecule has 8 heteroatoms. The molecule has 1 saturated heterocycles. The number of amides is 2. The normalized spacial score (nSPS) is 14.8. The van der Waals surface area contributed by atoms with Crippen molar-refractivity contribution in [3.05, 3.63) is 59.0 Å². The van der Waals surface area contributed by atoms with Gasteiger partial charge in [0.05, 0.1) is 12.0 Å². The Morgan fingerprint density at radius 2 is 1.96 bits per heavy atom. The van der Waals surface area contributed by atoms with E-state index in [1.54, 1.807) is 55.7 Å². The molecule has 3 rings (SSSR count). The van der Waals surface area contributed by atoms with Crippen molar-refractivity contribution in [1.82, 2.24) is 5.32 Å². The summed E-state index contributed by atoms with van der Waals surface area (Å²) >= 11 is 6.18. The van der Waals surface area contributed by atoms with Crippen LogP contribution in [-0.2, 0) is 9.59 Å². The van der Waals surface area contributed by atoms with Gasteiger partial charge in [-0.25, -0.2) is 0 Å². The van der Waals surface area contributed by atoms with Gasteiger partial charge in [-0.2, -0.15) is 0 Å². The van der Waals surface area contributed by atoms with E-state index in [9.17, 15) is 9.59 Å². The van der Waals surface area contributed by atoms with Gasteiger partial charge in [0.25, 0.3) is 11.8 Å². The number of ether oxygens (including phenoxy) is 2. The maximum atomic E-state index is 12.1. The topological polar surface area (TPSA) is 76.7 Å². The average molecular weight is 400 g/mol. The number of nitrogens with one attached hydrogen (secondary N) is 2. The molecule has 1 heterocycles. The van der Waals surface area contributed by atoms with E-state index in [1.807, 2.05) is 6.07 Å². The van der Waals surface area contributed by atoms with Gasteiger partial charge in [0.2, 0.25) is 0 Å². The maximum Gasteiger partial charge on any atom is 0.263 e. The summed E-state index contributed by atoms with van der Waals surface area (Å²) in [7, 11) is 1.58. The first-order valence-electron chi connectivity index (χ1n) is 7.96. The number of anilines is 1. The van der Waals surface area contributed by atoms with Crippen molar-refractivity contribution in [2.75, 3.05) is 19.0 Å². The number of hydrogen-bond donors (Lipinski definition) is 2. The lowest BCUT2D eigenvalue weighted by atomic mass is 10.2. The number of thiocarbonyl (C=S) groups is 1. The quantitative estimate of drug-likeness (QED) is 0.573. The van der Waals surface area contributed by atoms with Gasteiger partial charge in [-0.1, -0.05) is 42.2 Å². The Hall–Kier alpha value is -2.84. The van der Waals surface area contributed by atoms with Crippen LogP contribution in [0.4, 0.5) is 5.69 Å². The van der Waals surface area contributed by atoms with Crippen LogP contribution < -0.4 is 20.1 Å². The van der Waals surface area contributed by atoms with E-state index in [0.717, 1.165) is 0 Å². The van der Waals surface area contributed by atoms with E-state index in [2.05, 4.69) is 10.6 Å². The third-order valence-electron chi connectivity index (χ3n) is 3.58. The smallest absolute Gasteiger partial charge is 0.263 e. The highest BCUT2D eigenvalue weighted by Gasteiger charge is 2.22. The molecule has 0 aliphatic carbocycles. The van der Waals surface area contributed by atoms with Gasteiger partial charge in [0.15, 0.2) is 6.61 Å². The molecule has 0 radical (unpaired) electrons. The molecule has 27 heavy (non-hydrogen) atoms. The molecule has 0 spiro atoms. The van der Waals surface area contributed by atoms with Crippen LogP contribution >= 0.6 is 24.0 Å². The SMILES string of the molecule is COc1ccc(NC(=O)COc2ccccc2/C=C2\SC(=S)NC2=O)cc1. The van der Waals surface area contributed by atoms with E-state index in [-0.39, 0.29) is 18.4 Å². The molecule has 0 atom stereocenters. The second-order valence-corrected chi connectivity index (χ2v) is 7.17. The predicted octanol–water partition coefficient (Wildman–Crippen LogP) is 3.20. The number of rotatable bonds is 6. The van der Waals surface area contributed by atoms with Crippen molar-refractivity contribution >= 4 is 51.9 Å². The summed E-state index contributed by atoms with van der Waals surface area (Å²) in [5.41, 5.74) is 1.34. The third kappa shape index (κ3) is 5.08. The highest BCUT2D eigenvalue weighted by Crippen LogP contribution is 2.29. The third-order valence-corrected chi connectivity index (χ3v) is 4.74. The molecule has 6 nitrogen and oxygen atoms in total. The van der Waals surface area contributed by atoms with Gasteiger partial charge >= 0.3 is 0 Å². The largest absolute Gasteiger partial charge is 0.497 e. The molecule has 2 N–H and O–H groups in total. The number of para-hydroxylation sites is 1. The number of thioether (sulfide) groups is 1. The molecule has 2 amide bonds. The van der Waals surface area contributed by atoms with Crippen LogP contribution in [0.1, 0.15) is 5.56 Å². The molecule has 1 aliphatic rings. The van der Waals surface area contributed by atoms with Crippen LogP contribution in [0.25, 0.3) is 6.08 Å². The summed E-state index contributed by atoms with van der Waals surface area (Å²) in [6, 6.07) is 14.2. The van der Waals surface area contributed by atoms with E-state index in [4.69, 9.17) is 21.7 Å². The van der Waals surface area contributed by atoms with E-state index in [1.165, 1.54) is 11.8 Å². The van der Waals surface area contributed by atoms with Crippen molar-refractivity contribution in [3.63, 3.8) is 0 Å². The summed E-state index contributed by atoms with van der Waals surface area (Å²) < 4.78 is 11.1. The summed E-state index contributed by atoms with van der Waals surface area (Å²) in [4.78, 5) is 24.4. The minimum Gasteiger partial charge on any atom is -0.497 e. The average Bonchev–Trinajstić information content (AvgIpc) is 2.98. The van der Waals surface area contributed by atoms with Gasteiger partial charge in [-0.3, -0.25) is 9.59 Å². The lowest BCUT2D eigenvalue weighted by Crippen LogP contribution is -2.20. The lowest BCUT2D eigenvalue weighted by Gasteiger charge is -2.10. The number of carbonyl (C=O) groups excluding carboxylic acids is 2. The Bertz CT molecular complexity index is 910. The number of methoxy groups -OCH3 is 1. The summed E-state index contributed by atoms with van der Waals surface area (Å²) in [5.74, 6) is 0.675. The molecule has 0 aromatic heterocycles.